The van der Waals surface area contributed by atoms with Crippen molar-refractivity contribution < 1.29 is 23.5 Å². The molecular formula is C20H22FNO4. The van der Waals surface area contributed by atoms with Gasteiger partial charge in [-0.3, -0.25) is 4.79 Å². The minimum absolute atomic E-state index is 0.203. The lowest BCUT2D eigenvalue weighted by Crippen LogP contribution is -2.42. The molecule has 138 valence electrons. The number of carbonyl (C=O) groups excluding carboxylic acids is 2. The maximum absolute atomic E-state index is 13.0. The van der Waals surface area contributed by atoms with Crippen molar-refractivity contribution in [2.24, 2.45) is 0 Å². The molecule has 0 atom stereocenters. The van der Waals surface area contributed by atoms with Crippen LogP contribution in [0, 0.1) is 5.82 Å². The Morgan fingerprint density at radius 2 is 1.58 bits per heavy atom. The molecule has 5 nitrogen and oxygen atoms in total. The predicted molar refractivity (Wildman–Crippen MR) is 96.7 cm³/mol. The number of amides is 1. The molecule has 0 fully saturated rings. The molecule has 6 heteroatoms. The van der Waals surface area contributed by atoms with Crippen LogP contribution in [0.1, 0.15) is 38.1 Å². The summed E-state index contributed by atoms with van der Waals surface area (Å²) in [6.45, 7) is 6.77. The fourth-order valence-corrected chi connectivity index (χ4v) is 2.10. The first kappa shape index (κ1) is 19.4. The van der Waals surface area contributed by atoms with Gasteiger partial charge in [0.25, 0.3) is 5.91 Å². The Bertz CT molecular complexity index is 767. The molecule has 0 aliphatic rings. The first-order valence-electron chi connectivity index (χ1n) is 8.24. The van der Waals surface area contributed by atoms with E-state index in [1.54, 1.807) is 52.0 Å². The third kappa shape index (κ3) is 5.31. The Labute approximate surface area is 152 Å². The average molecular weight is 359 g/mol. The van der Waals surface area contributed by atoms with E-state index < -0.39 is 11.6 Å². The highest BCUT2D eigenvalue weighted by atomic mass is 19.1. The van der Waals surface area contributed by atoms with Crippen LogP contribution in [0.25, 0.3) is 0 Å². The van der Waals surface area contributed by atoms with E-state index in [9.17, 15) is 14.0 Å². The van der Waals surface area contributed by atoms with Gasteiger partial charge in [-0.1, -0.05) is 0 Å². The number of benzene rings is 2. The van der Waals surface area contributed by atoms with Crippen LogP contribution < -0.4 is 10.1 Å². The van der Waals surface area contributed by atoms with Crippen LogP contribution in [0.2, 0.25) is 0 Å². The lowest BCUT2D eigenvalue weighted by Gasteiger charge is -2.25. The molecule has 1 amide bonds. The molecule has 2 rings (SSSR count). The second-order valence-corrected chi connectivity index (χ2v) is 6.55. The minimum Gasteiger partial charge on any atom is -0.478 e. The Balaban J connectivity index is 2.01. The Kier molecular flexibility index (Phi) is 5.97. The Morgan fingerprint density at radius 3 is 2.12 bits per heavy atom. The summed E-state index contributed by atoms with van der Waals surface area (Å²) >= 11 is 0. The van der Waals surface area contributed by atoms with E-state index in [1.807, 2.05) is 0 Å². The monoisotopic (exact) mass is 359 g/mol. The predicted octanol–water partition coefficient (Wildman–Crippen LogP) is 4.19. The summed E-state index contributed by atoms with van der Waals surface area (Å²) in [6, 6.07) is 11.8. The molecule has 0 spiro atoms. The van der Waals surface area contributed by atoms with Crippen molar-refractivity contribution in [3.8, 4) is 5.75 Å². The number of anilines is 1. The molecule has 0 aliphatic heterocycles. The number of esters is 1. The Hall–Kier alpha value is -2.89. The molecule has 0 saturated carbocycles. The van der Waals surface area contributed by atoms with Gasteiger partial charge >= 0.3 is 5.97 Å². The largest absolute Gasteiger partial charge is 0.478 e. The zero-order chi connectivity index (χ0) is 19.3. The van der Waals surface area contributed by atoms with Crippen LogP contribution in [0.15, 0.2) is 48.5 Å². The van der Waals surface area contributed by atoms with Gasteiger partial charge < -0.3 is 14.8 Å². The van der Waals surface area contributed by atoms with E-state index in [1.165, 1.54) is 24.3 Å². The fraction of sp³-hybridized carbons (Fsp3) is 0.300. The smallest absolute Gasteiger partial charge is 0.338 e. The number of carbonyl (C=O) groups is 2. The molecule has 2 aromatic carbocycles. The zero-order valence-corrected chi connectivity index (χ0v) is 15.2. The van der Waals surface area contributed by atoms with E-state index in [-0.39, 0.29) is 17.8 Å². The van der Waals surface area contributed by atoms with E-state index in [0.717, 1.165) is 0 Å². The normalized spacial score (nSPS) is 11.2. The van der Waals surface area contributed by atoms with Crippen molar-refractivity contribution in [1.29, 1.82) is 0 Å². The summed E-state index contributed by atoms with van der Waals surface area (Å²) in [5.41, 5.74) is -0.252. The summed E-state index contributed by atoms with van der Waals surface area (Å²) in [7, 11) is 0. The number of hydrogen-bond donors (Lipinski definition) is 1. The highest BCUT2D eigenvalue weighted by Crippen LogP contribution is 2.21. The van der Waals surface area contributed by atoms with Crippen molar-refractivity contribution in [2.45, 2.75) is 39.4 Å². The van der Waals surface area contributed by atoms with Crippen molar-refractivity contribution in [3.63, 3.8) is 0 Å². The summed E-state index contributed by atoms with van der Waals surface area (Å²) in [6.07, 6.45) is -0.203. The van der Waals surface area contributed by atoms with Crippen molar-refractivity contribution in [2.75, 3.05) is 5.32 Å². The van der Waals surface area contributed by atoms with Crippen LogP contribution >= 0.6 is 0 Å². The highest BCUT2D eigenvalue weighted by Gasteiger charge is 2.30. The van der Waals surface area contributed by atoms with E-state index >= 15 is 0 Å². The third-order valence-corrected chi connectivity index (χ3v) is 3.45. The summed E-state index contributed by atoms with van der Waals surface area (Å²) in [5.74, 6) is -0.786. The van der Waals surface area contributed by atoms with Gasteiger partial charge in [-0.05, 0) is 76.2 Å². The van der Waals surface area contributed by atoms with Gasteiger partial charge in [-0.15, -0.1) is 0 Å². The molecule has 0 aromatic heterocycles. The molecule has 0 saturated heterocycles. The second-order valence-electron chi connectivity index (χ2n) is 6.55. The number of rotatable bonds is 6. The first-order valence-corrected chi connectivity index (χ1v) is 8.24. The van der Waals surface area contributed by atoms with Gasteiger partial charge in [0, 0.05) is 5.69 Å². The van der Waals surface area contributed by atoms with Gasteiger partial charge in [-0.2, -0.15) is 0 Å². The number of nitrogens with one attached hydrogen (secondary N) is 1. The Morgan fingerprint density at radius 1 is 1.00 bits per heavy atom. The number of halogens is 1. The quantitative estimate of drug-likeness (QED) is 0.786. The van der Waals surface area contributed by atoms with E-state index in [2.05, 4.69) is 5.32 Å². The van der Waals surface area contributed by atoms with Gasteiger partial charge in [0.1, 0.15) is 11.6 Å². The van der Waals surface area contributed by atoms with Crippen LogP contribution in [0.5, 0.6) is 5.75 Å². The van der Waals surface area contributed by atoms with Crippen LogP contribution in [-0.4, -0.2) is 23.6 Å². The van der Waals surface area contributed by atoms with Gasteiger partial charge in [0.2, 0.25) is 0 Å². The molecule has 26 heavy (non-hydrogen) atoms. The molecule has 0 unspecified atom stereocenters. The minimum atomic E-state index is -1.17. The molecule has 0 aliphatic carbocycles. The fourth-order valence-electron chi connectivity index (χ4n) is 2.10. The van der Waals surface area contributed by atoms with E-state index in [0.29, 0.717) is 17.0 Å². The third-order valence-electron chi connectivity index (χ3n) is 3.45. The van der Waals surface area contributed by atoms with Crippen LogP contribution in [0.3, 0.4) is 0 Å². The molecular weight excluding hydrogens is 337 g/mol. The maximum atomic E-state index is 13.0. The number of hydrogen-bond acceptors (Lipinski definition) is 4. The van der Waals surface area contributed by atoms with Crippen LogP contribution in [0.4, 0.5) is 10.1 Å². The lowest BCUT2D eigenvalue weighted by molar-refractivity contribution is -0.128. The molecule has 0 radical (unpaired) electrons. The van der Waals surface area contributed by atoms with Crippen LogP contribution in [-0.2, 0) is 9.53 Å². The van der Waals surface area contributed by atoms with Crippen molar-refractivity contribution >= 4 is 17.6 Å². The highest BCUT2D eigenvalue weighted by molar-refractivity contribution is 5.97. The SMILES string of the molecule is CC(C)OC(=O)c1ccc(NC(=O)C(C)(C)Oc2ccc(F)cc2)cc1. The topological polar surface area (TPSA) is 64.6 Å². The summed E-state index contributed by atoms with van der Waals surface area (Å²) < 4.78 is 23.7. The molecule has 2 aromatic rings. The summed E-state index contributed by atoms with van der Waals surface area (Å²) in [4.78, 5) is 24.3. The van der Waals surface area contributed by atoms with Crippen molar-refractivity contribution in [3.05, 3.63) is 59.9 Å². The molecule has 1 N–H and O–H groups in total. The second kappa shape index (κ2) is 7.99. The molecule has 0 heterocycles. The van der Waals surface area contributed by atoms with Gasteiger partial charge in [-0.25, -0.2) is 9.18 Å². The standard InChI is InChI=1S/C20H22FNO4/c1-13(2)25-18(23)14-5-9-16(10-6-14)22-19(24)20(3,4)26-17-11-7-15(21)8-12-17/h5-13H,1-4H3,(H,22,24). The van der Waals surface area contributed by atoms with Gasteiger partial charge in [0.05, 0.1) is 11.7 Å². The lowest BCUT2D eigenvalue weighted by atomic mass is 10.1. The van der Waals surface area contributed by atoms with E-state index in [4.69, 9.17) is 9.47 Å². The van der Waals surface area contributed by atoms with Gasteiger partial charge in [0.15, 0.2) is 5.60 Å². The first-order chi connectivity index (χ1) is 12.2. The zero-order valence-electron chi connectivity index (χ0n) is 15.2. The molecule has 0 bridgehead atoms. The number of ether oxygens (including phenoxy) is 2. The average Bonchev–Trinajstić information content (AvgIpc) is 2.56. The maximum Gasteiger partial charge on any atom is 0.338 e. The van der Waals surface area contributed by atoms with Crippen molar-refractivity contribution in [1.82, 2.24) is 0 Å². The summed E-state index contributed by atoms with van der Waals surface area (Å²) in [5, 5.41) is 2.73.